The van der Waals surface area contributed by atoms with Crippen molar-refractivity contribution in [2.45, 2.75) is 32.1 Å². The van der Waals surface area contributed by atoms with E-state index in [1.807, 2.05) is 5.38 Å². The highest BCUT2D eigenvalue weighted by atomic mass is 79.9. The van der Waals surface area contributed by atoms with E-state index >= 15 is 0 Å². The first-order valence-corrected chi connectivity index (χ1v) is 7.28. The van der Waals surface area contributed by atoms with Crippen molar-refractivity contribution < 1.29 is 0 Å². The lowest BCUT2D eigenvalue weighted by atomic mass is 9.52. The maximum Gasteiger partial charge on any atom is 0.183 e. The minimum atomic E-state index is 0.801. The number of thiazole rings is 1. The number of anilines is 1. The van der Waals surface area contributed by atoms with Crippen LogP contribution in [-0.2, 0) is 0 Å². The van der Waals surface area contributed by atoms with Gasteiger partial charge in [0.05, 0.1) is 0 Å². The van der Waals surface area contributed by atoms with Gasteiger partial charge in [0, 0.05) is 11.9 Å². The molecular weight excluding hydrogens is 272 g/mol. The molecule has 1 N–H and O–H groups in total. The van der Waals surface area contributed by atoms with Crippen molar-refractivity contribution in [2.24, 2.45) is 11.3 Å². The van der Waals surface area contributed by atoms with E-state index in [0.717, 1.165) is 27.6 Å². The zero-order chi connectivity index (χ0) is 10.3. The normalized spacial score (nSPS) is 23.5. The summed E-state index contributed by atoms with van der Waals surface area (Å²) in [5.74, 6) is 0.896. The van der Waals surface area contributed by atoms with E-state index < -0.39 is 0 Å². The second-order valence-electron chi connectivity index (χ2n) is 4.98. The van der Waals surface area contributed by atoms with Crippen molar-refractivity contribution in [1.29, 1.82) is 0 Å². The monoisotopic (exact) mass is 286 g/mol. The molecule has 1 aromatic heterocycles. The van der Waals surface area contributed by atoms with E-state index in [-0.39, 0.29) is 0 Å². The fourth-order valence-corrected chi connectivity index (χ4v) is 4.12. The summed E-state index contributed by atoms with van der Waals surface area (Å²) in [5.41, 5.74) is 0.801. The molecular formula is C11H15BrN2S. The number of hydrogen-bond acceptors (Lipinski definition) is 3. The average Bonchev–Trinajstić information content (AvgIpc) is 2.46. The van der Waals surface area contributed by atoms with E-state index in [4.69, 9.17) is 0 Å². The Morgan fingerprint density at radius 2 is 2.33 bits per heavy atom. The fraction of sp³-hybridized carbons (Fsp3) is 0.727. The second-order valence-corrected chi connectivity index (χ2v) is 6.65. The summed E-state index contributed by atoms with van der Waals surface area (Å²) in [6.07, 6.45) is 7.36. The summed E-state index contributed by atoms with van der Waals surface area (Å²) >= 11 is 5.04. The van der Waals surface area contributed by atoms with E-state index in [9.17, 15) is 0 Å². The minimum Gasteiger partial charge on any atom is -0.361 e. The molecule has 0 atom stereocenters. The molecule has 4 heteroatoms. The molecule has 82 valence electrons. The van der Waals surface area contributed by atoms with Crippen molar-refractivity contribution in [3.8, 4) is 0 Å². The molecule has 15 heavy (non-hydrogen) atoms. The molecule has 2 nitrogen and oxygen atoms in total. The van der Waals surface area contributed by atoms with E-state index in [2.05, 4.69) is 26.2 Å². The Hall–Kier alpha value is -0.0900. The Kier molecular flexibility index (Phi) is 2.51. The Morgan fingerprint density at radius 1 is 1.53 bits per heavy atom. The third-order valence-electron chi connectivity index (χ3n) is 3.88. The summed E-state index contributed by atoms with van der Waals surface area (Å²) in [6.45, 7) is 1.11. The Morgan fingerprint density at radius 3 is 2.87 bits per heavy atom. The maximum absolute atomic E-state index is 4.34. The van der Waals surface area contributed by atoms with Gasteiger partial charge in [0.1, 0.15) is 4.60 Å². The lowest BCUT2D eigenvalue weighted by molar-refractivity contribution is -0.0185. The molecule has 0 bridgehead atoms. The molecule has 2 aliphatic rings. The Labute approximate surface area is 103 Å². The average molecular weight is 287 g/mol. The topological polar surface area (TPSA) is 24.9 Å². The zero-order valence-corrected chi connectivity index (χ0v) is 11.0. The first-order chi connectivity index (χ1) is 7.26. The van der Waals surface area contributed by atoms with E-state index in [0.29, 0.717) is 0 Å². The summed E-state index contributed by atoms with van der Waals surface area (Å²) in [6, 6.07) is 0. The number of hydrogen-bond donors (Lipinski definition) is 1. The number of nitrogens with zero attached hydrogens (tertiary/aromatic N) is 1. The molecule has 1 heterocycles. The van der Waals surface area contributed by atoms with Crippen molar-refractivity contribution in [3.05, 3.63) is 9.98 Å². The van der Waals surface area contributed by atoms with Crippen LogP contribution in [0.1, 0.15) is 32.1 Å². The fourth-order valence-electron chi connectivity index (χ4n) is 2.96. The summed E-state index contributed by atoms with van der Waals surface area (Å²) in [7, 11) is 0. The molecule has 2 fully saturated rings. The van der Waals surface area contributed by atoms with Crippen molar-refractivity contribution in [1.82, 2.24) is 4.98 Å². The van der Waals surface area contributed by atoms with Crippen molar-refractivity contribution in [2.75, 3.05) is 11.9 Å². The lowest BCUT2D eigenvalue weighted by Crippen LogP contribution is -2.44. The molecule has 0 aliphatic heterocycles. The molecule has 0 radical (unpaired) electrons. The SMILES string of the molecule is Brc1csc(NCC2CC3(CCC3)C2)n1. The Bertz CT molecular complexity index is 351. The minimum absolute atomic E-state index is 0.801. The highest BCUT2D eigenvalue weighted by Gasteiger charge is 2.47. The lowest BCUT2D eigenvalue weighted by Gasteiger charge is -2.54. The van der Waals surface area contributed by atoms with Crippen LogP contribution in [0.15, 0.2) is 9.98 Å². The van der Waals surface area contributed by atoms with Crippen LogP contribution in [0.2, 0.25) is 0 Å². The van der Waals surface area contributed by atoms with Crippen LogP contribution in [0.5, 0.6) is 0 Å². The third kappa shape index (κ3) is 1.94. The highest BCUT2D eigenvalue weighted by molar-refractivity contribution is 9.10. The molecule has 2 aliphatic carbocycles. The van der Waals surface area contributed by atoms with Gasteiger partial charge in [-0.25, -0.2) is 4.98 Å². The number of rotatable bonds is 3. The van der Waals surface area contributed by atoms with Gasteiger partial charge in [-0.2, -0.15) is 0 Å². The molecule has 0 aromatic carbocycles. The number of halogens is 1. The van der Waals surface area contributed by atoms with Crippen LogP contribution in [0.4, 0.5) is 5.13 Å². The van der Waals surface area contributed by atoms with Crippen LogP contribution in [0, 0.1) is 11.3 Å². The predicted molar refractivity (Wildman–Crippen MR) is 67.3 cm³/mol. The van der Waals surface area contributed by atoms with Crippen LogP contribution < -0.4 is 5.32 Å². The summed E-state index contributed by atoms with van der Waals surface area (Å²) < 4.78 is 0.944. The first kappa shape index (κ1) is 10.1. The van der Waals surface area contributed by atoms with Crippen LogP contribution in [0.3, 0.4) is 0 Å². The van der Waals surface area contributed by atoms with Gasteiger partial charge >= 0.3 is 0 Å². The van der Waals surface area contributed by atoms with Crippen LogP contribution >= 0.6 is 27.3 Å². The molecule has 1 aromatic rings. The second kappa shape index (κ2) is 3.74. The third-order valence-corrected chi connectivity index (χ3v) is 5.38. The van der Waals surface area contributed by atoms with Gasteiger partial charge in [-0.05, 0) is 52.9 Å². The quantitative estimate of drug-likeness (QED) is 0.912. The van der Waals surface area contributed by atoms with Crippen LogP contribution in [0.25, 0.3) is 0 Å². The molecule has 0 amide bonds. The largest absolute Gasteiger partial charge is 0.361 e. The van der Waals surface area contributed by atoms with Crippen molar-refractivity contribution >= 4 is 32.4 Å². The summed E-state index contributed by atoms with van der Waals surface area (Å²) in [4.78, 5) is 4.34. The van der Waals surface area contributed by atoms with Gasteiger partial charge in [-0.3, -0.25) is 0 Å². The van der Waals surface area contributed by atoms with Crippen molar-refractivity contribution in [3.63, 3.8) is 0 Å². The highest BCUT2D eigenvalue weighted by Crippen LogP contribution is 2.58. The van der Waals surface area contributed by atoms with E-state index in [1.165, 1.54) is 32.1 Å². The van der Waals surface area contributed by atoms with Gasteiger partial charge in [0.2, 0.25) is 0 Å². The molecule has 2 saturated carbocycles. The van der Waals surface area contributed by atoms with Gasteiger partial charge in [0.25, 0.3) is 0 Å². The molecule has 0 unspecified atom stereocenters. The number of aromatic nitrogens is 1. The Balaban J connectivity index is 1.44. The van der Waals surface area contributed by atoms with E-state index in [1.54, 1.807) is 11.3 Å². The zero-order valence-electron chi connectivity index (χ0n) is 8.63. The first-order valence-electron chi connectivity index (χ1n) is 5.61. The van der Waals surface area contributed by atoms with Gasteiger partial charge < -0.3 is 5.32 Å². The predicted octanol–water partition coefficient (Wildman–Crippen LogP) is 3.90. The summed E-state index contributed by atoms with van der Waals surface area (Å²) in [5, 5.41) is 6.51. The molecule has 0 saturated heterocycles. The molecule has 1 spiro atoms. The van der Waals surface area contributed by atoms with Gasteiger partial charge in [-0.15, -0.1) is 11.3 Å². The standard InChI is InChI=1S/C11H15BrN2S/c12-9-7-15-10(14-9)13-6-8-4-11(5-8)2-1-3-11/h7-8H,1-6H2,(H,13,14). The smallest absolute Gasteiger partial charge is 0.183 e. The maximum atomic E-state index is 4.34. The van der Waals surface area contributed by atoms with Crippen LogP contribution in [-0.4, -0.2) is 11.5 Å². The van der Waals surface area contributed by atoms with Gasteiger partial charge in [0.15, 0.2) is 5.13 Å². The number of nitrogens with one attached hydrogen (secondary N) is 1. The molecule has 3 rings (SSSR count). The van der Waals surface area contributed by atoms with Gasteiger partial charge in [-0.1, -0.05) is 6.42 Å².